The lowest BCUT2D eigenvalue weighted by Crippen LogP contribution is -2.29. The van der Waals surface area contributed by atoms with Crippen LogP contribution in [0.15, 0.2) is 0 Å². The maximum atomic E-state index is 5.85. The van der Waals surface area contributed by atoms with Gasteiger partial charge in [-0.15, -0.1) is 0 Å². The molecule has 0 radical (unpaired) electrons. The fourth-order valence-corrected chi connectivity index (χ4v) is 4.86. The highest BCUT2D eigenvalue weighted by molar-refractivity contribution is 5.09. The van der Waals surface area contributed by atoms with Crippen molar-refractivity contribution in [1.29, 1.82) is 0 Å². The van der Waals surface area contributed by atoms with E-state index >= 15 is 0 Å². The van der Waals surface area contributed by atoms with Crippen molar-refractivity contribution in [3.05, 3.63) is 0 Å². The third-order valence-electron chi connectivity index (χ3n) is 6.31. The molecule has 2 saturated heterocycles. The first-order valence-electron chi connectivity index (χ1n) is 8.12. The summed E-state index contributed by atoms with van der Waals surface area (Å²) in [5.74, 6) is 1.69. The Morgan fingerprint density at radius 2 is 1.79 bits per heavy atom. The van der Waals surface area contributed by atoms with Gasteiger partial charge in [0.25, 0.3) is 0 Å². The predicted molar refractivity (Wildman–Crippen MR) is 71.8 cm³/mol. The summed E-state index contributed by atoms with van der Waals surface area (Å²) in [6.45, 7) is 3.38. The van der Waals surface area contributed by atoms with Gasteiger partial charge in [-0.3, -0.25) is 0 Å². The van der Waals surface area contributed by atoms with E-state index in [0.717, 1.165) is 31.7 Å². The van der Waals surface area contributed by atoms with Gasteiger partial charge in [-0.05, 0) is 55.8 Å². The Hall–Kier alpha value is -0.120. The lowest BCUT2D eigenvalue weighted by molar-refractivity contribution is 0.00529. The first kappa shape index (κ1) is 12.6. The van der Waals surface area contributed by atoms with Crippen LogP contribution in [-0.2, 0) is 14.2 Å². The van der Waals surface area contributed by atoms with Gasteiger partial charge < -0.3 is 14.2 Å². The molecular formula is C16H26O3. The van der Waals surface area contributed by atoms with Gasteiger partial charge in [-0.2, -0.15) is 0 Å². The summed E-state index contributed by atoms with van der Waals surface area (Å²) >= 11 is 0. The quantitative estimate of drug-likeness (QED) is 0.730. The van der Waals surface area contributed by atoms with Crippen LogP contribution < -0.4 is 0 Å². The minimum absolute atomic E-state index is 0.151. The highest BCUT2D eigenvalue weighted by Crippen LogP contribution is 2.58. The van der Waals surface area contributed by atoms with E-state index in [-0.39, 0.29) is 5.60 Å². The van der Waals surface area contributed by atoms with E-state index < -0.39 is 0 Å². The van der Waals surface area contributed by atoms with Crippen LogP contribution in [0.4, 0.5) is 0 Å². The molecule has 0 aromatic carbocycles. The third kappa shape index (κ3) is 2.24. The number of hydrogen-bond acceptors (Lipinski definition) is 3. The predicted octanol–water partition coefficient (Wildman–Crippen LogP) is 3.13. The molecule has 3 atom stereocenters. The molecule has 4 rings (SSSR count). The fourth-order valence-electron chi connectivity index (χ4n) is 4.86. The molecule has 108 valence electrons. The Morgan fingerprint density at radius 3 is 2.58 bits per heavy atom. The molecule has 2 aliphatic carbocycles. The van der Waals surface area contributed by atoms with Crippen LogP contribution in [0.2, 0.25) is 0 Å². The summed E-state index contributed by atoms with van der Waals surface area (Å²) in [5, 5.41) is 0. The number of hydrogen-bond donors (Lipinski definition) is 0. The fraction of sp³-hybridized carbons (Fsp3) is 1.00. The van der Waals surface area contributed by atoms with Crippen molar-refractivity contribution in [1.82, 2.24) is 0 Å². The summed E-state index contributed by atoms with van der Waals surface area (Å²) in [7, 11) is 0. The third-order valence-corrected chi connectivity index (χ3v) is 6.31. The van der Waals surface area contributed by atoms with Crippen LogP contribution in [0.25, 0.3) is 0 Å². The van der Waals surface area contributed by atoms with E-state index in [0.29, 0.717) is 12.2 Å². The van der Waals surface area contributed by atoms with Gasteiger partial charge in [0.05, 0.1) is 12.2 Å². The van der Waals surface area contributed by atoms with Crippen molar-refractivity contribution in [3.8, 4) is 0 Å². The molecule has 0 N–H and O–H groups in total. The molecule has 19 heavy (non-hydrogen) atoms. The van der Waals surface area contributed by atoms with Crippen molar-refractivity contribution in [3.63, 3.8) is 0 Å². The van der Waals surface area contributed by atoms with Crippen LogP contribution in [0, 0.1) is 17.3 Å². The average Bonchev–Trinajstić information content (AvgIpc) is 2.98. The Bertz CT molecular complexity index is 329. The smallest absolute Gasteiger partial charge is 0.147 e. The van der Waals surface area contributed by atoms with Crippen molar-refractivity contribution >= 4 is 0 Å². The van der Waals surface area contributed by atoms with Gasteiger partial charge in [0.15, 0.2) is 0 Å². The topological polar surface area (TPSA) is 27.7 Å². The second kappa shape index (κ2) is 4.71. The molecule has 2 spiro atoms. The maximum absolute atomic E-state index is 5.85. The maximum Gasteiger partial charge on any atom is 0.147 e. The van der Waals surface area contributed by atoms with E-state index in [1.165, 1.54) is 51.4 Å². The molecular weight excluding hydrogens is 240 g/mol. The molecule has 0 aromatic rings. The highest BCUT2D eigenvalue weighted by Gasteiger charge is 2.61. The van der Waals surface area contributed by atoms with Crippen molar-refractivity contribution in [2.75, 3.05) is 26.6 Å². The van der Waals surface area contributed by atoms with Gasteiger partial charge in [-0.1, -0.05) is 12.8 Å². The standard InChI is InChI=1S/C16H26O3/c1-2-13(14-10-16(14)11-18-12-19-16)3-5-15(4-1)6-8-17-9-7-15/h13-14H,1-12H2. The van der Waals surface area contributed by atoms with Crippen molar-refractivity contribution in [2.45, 2.75) is 57.0 Å². The summed E-state index contributed by atoms with van der Waals surface area (Å²) in [6, 6.07) is 0. The van der Waals surface area contributed by atoms with Crippen LogP contribution in [-0.4, -0.2) is 32.2 Å². The number of ether oxygens (including phenoxy) is 3. The van der Waals surface area contributed by atoms with Crippen LogP contribution in [0.5, 0.6) is 0 Å². The molecule has 0 bridgehead atoms. The summed E-state index contributed by atoms with van der Waals surface area (Å²) in [5.41, 5.74) is 0.778. The van der Waals surface area contributed by atoms with Gasteiger partial charge in [-0.25, -0.2) is 0 Å². The second-order valence-corrected chi connectivity index (χ2v) is 7.29. The molecule has 2 saturated carbocycles. The minimum Gasteiger partial charge on any atom is -0.381 e. The molecule has 4 aliphatic rings. The van der Waals surface area contributed by atoms with Crippen LogP contribution >= 0.6 is 0 Å². The minimum atomic E-state index is 0.151. The largest absolute Gasteiger partial charge is 0.381 e. The zero-order valence-electron chi connectivity index (χ0n) is 11.9. The van der Waals surface area contributed by atoms with Crippen molar-refractivity contribution < 1.29 is 14.2 Å². The lowest BCUT2D eigenvalue weighted by atomic mass is 9.74. The van der Waals surface area contributed by atoms with E-state index in [2.05, 4.69) is 0 Å². The summed E-state index contributed by atoms with van der Waals surface area (Å²) in [4.78, 5) is 0. The molecule has 4 fully saturated rings. The van der Waals surface area contributed by atoms with Crippen LogP contribution in [0.3, 0.4) is 0 Å². The van der Waals surface area contributed by atoms with E-state index in [1.54, 1.807) is 0 Å². The molecule has 0 aromatic heterocycles. The first-order chi connectivity index (χ1) is 9.32. The van der Waals surface area contributed by atoms with Gasteiger partial charge in [0.1, 0.15) is 6.79 Å². The Labute approximate surface area is 116 Å². The summed E-state index contributed by atoms with van der Waals surface area (Å²) < 4.78 is 16.9. The van der Waals surface area contributed by atoms with E-state index in [9.17, 15) is 0 Å². The number of rotatable bonds is 1. The SMILES string of the molecule is C1CC(C2CC23COCO3)CCC2(C1)CCOCC2. The zero-order valence-corrected chi connectivity index (χ0v) is 11.9. The molecule has 3 heteroatoms. The summed E-state index contributed by atoms with van der Waals surface area (Å²) in [6.07, 6.45) is 11.0. The second-order valence-electron chi connectivity index (χ2n) is 7.29. The zero-order chi connectivity index (χ0) is 12.8. The van der Waals surface area contributed by atoms with Crippen LogP contribution in [0.1, 0.15) is 51.4 Å². The highest BCUT2D eigenvalue weighted by atomic mass is 16.7. The van der Waals surface area contributed by atoms with Gasteiger partial charge in [0.2, 0.25) is 0 Å². The van der Waals surface area contributed by atoms with Gasteiger partial charge in [0, 0.05) is 13.2 Å². The lowest BCUT2D eigenvalue weighted by Gasteiger charge is -2.36. The average molecular weight is 266 g/mol. The molecule has 2 aliphatic heterocycles. The molecule has 0 amide bonds. The monoisotopic (exact) mass is 266 g/mol. The Kier molecular flexibility index (Phi) is 3.13. The Morgan fingerprint density at radius 1 is 0.895 bits per heavy atom. The molecule has 2 heterocycles. The normalized spacial score (nSPS) is 45.5. The van der Waals surface area contributed by atoms with Crippen molar-refractivity contribution in [2.24, 2.45) is 17.3 Å². The van der Waals surface area contributed by atoms with E-state index in [4.69, 9.17) is 14.2 Å². The first-order valence-corrected chi connectivity index (χ1v) is 8.12. The molecule has 3 unspecified atom stereocenters. The van der Waals surface area contributed by atoms with Gasteiger partial charge >= 0.3 is 0 Å². The molecule has 3 nitrogen and oxygen atoms in total. The van der Waals surface area contributed by atoms with E-state index in [1.807, 2.05) is 0 Å². The Balaban J connectivity index is 1.38.